The molecular formula is C16H20BrN3O2. The van der Waals surface area contributed by atoms with Crippen molar-refractivity contribution in [2.45, 2.75) is 26.8 Å². The number of aryl methyl sites for hydroxylation is 2. The van der Waals surface area contributed by atoms with E-state index in [2.05, 4.69) is 26.3 Å². The summed E-state index contributed by atoms with van der Waals surface area (Å²) < 4.78 is 8.12. The van der Waals surface area contributed by atoms with Gasteiger partial charge in [-0.25, -0.2) is 0 Å². The maximum atomic E-state index is 12.1. The quantitative estimate of drug-likeness (QED) is 0.800. The van der Waals surface area contributed by atoms with E-state index in [9.17, 15) is 4.79 Å². The Hall–Kier alpha value is -1.82. The Morgan fingerprint density at radius 2 is 2.18 bits per heavy atom. The van der Waals surface area contributed by atoms with Crippen molar-refractivity contribution in [2.24, 2.45) is 0 Å². The monoisotopic (exact) mass is 365 g/mol. The number of hydrogen-bond donors (Lipinski definition) is 1. The molecule has 0 bridgehead atoms. The van der Waals surface area contributed by atoms with Crippen LogP contribution in [0.1, 0.15) is 28.2 Å². The van der Waals surface area contributed by atoms with Crippen LogP contribution in [0.15, 0.2) is 28.7 Å². The molecule has 22 heavy (non-hydrogen) atoms. The van der Waals surface area contributed by atoms with E-state index in [0.717, 1.165) is 28.8 Å². The van der Waals surface area contributed by atoms with Gasteiger partial charge in [-0.2, -0.15) is 5.10 Å². The van der Waals surface area contributed by atoms with Crippen molar-refractivity contribution >= 4 is 21.8 Å². The summed E-state index contributed by atoms with van der Waals surface area (Å²) in [5.74, 6) is 0.591. The van der Waals surface area contributed by atoms with Crippen molar-refractivity contribution in [1.29, 1.82) is 0 Å². The summed E-state index contributed by atoms with van der Waals surface area (Å²) in [5.41, 5.74) is 2.70. The molecule has 1 aromatic heterocycles. The third-order valence-corrected chi connectivity index (χ3v) is 4.60. The topological polar surface area (TPSA) is 56.1 Å². The number of aromatic nitrogens is 2. The van der Waals surface area contributed by atoms with Crippen LogP contribution in [-0.2, 0) is 6.54 Å². The van der Waals surface area contributed by atoms with Crippen molar-refractivity contribution < 1.29 is 9.53 Å². The molecule has 1 heterocycles. The largest absolute Gasteiger partial charge is 0.497 e. The van der Waals surface area contributed by atoms with E-state index in [0.29, 0.717) is 17.9 Å². The molecule has 0 aliphatic heterocycles. The summed E-state index contributed by atoms with van der Waals surface area (Å²) in [6.07, 6.45) is 0.824. The number of nitrogens with one attached hydrogen (secondary N) is 1. The van der Waals surface area contributed by atoms with Gasteiger partial charge in [0.1, 0.15) is 5.75 Å². The second-order valence-corrected chi connectivity index (χ2v) is 5.84. The van der Waals surface area contributed by atoms with Crippen molar-refractivity contribution in [3.05, 3.63) is 45.7 Å². The van der Waals surface area contributed by atoms with Crippen molar-refractivity contribution in [2.75, 3.05) is 13.7 Å². The van der Waals surface area contributed by atoms with E-state index in [1.54, 1.807) is 25.3 Å². The van der Waals surface area contributed by atoms with Crippen LogP contribution in [-0.4, -0.2) is 29.3 Å². The fraction of sp³-hybridized carbons (Fsp3) is 0.375. The van der Waals surface area contributed by atoms with Crippen LogP contribution in [0.3, 0.4) is 0 Å². The minimum absolute atomic E-state index is 0.0894. The van der Waals surface area contributed by atoms with E-state index in [1.807, 2.05) is 24.6 Å². The van der Waals surface area contributed by atoms with Crippen LogP contribution >= 0.6 is 15.9 Å². The van der Waals surface area contributed by atoms with Gasteiger partial charge in [-0.1, -0.05) is 6.07 Å². The zero-order valence-electron chi connectivity index (χ0n) is 13.0. The molecule has 6 heteroatoms. The standard InChI is InChI=1S/C16H20BrN3O2/c1-11-15(17)12(2)20(19-11)9-5-8-18-16(21)13-6-4-7-14(10-13)22-3/h4,6-7,10H,5,8-9H2,1-3H3,(H,18,21). The lowest BCUT2D eigenvalue weighted by Gasteiger charge is -2.08. The zero-order chi connectivity index (χ0) is 16.1. The van der Waals surface area contributed by atoms with E-state index >= 15 is 0 Å². The summed E-state index contributed by atoms with van der Waals surface area (Å²) in [5, 5.41) is 7.36. The third kappa shape index (κ3) is 3.88. The molecule has 118 valence electrons. The summed E-state index contributed by atoms with van der Waals surface area (Å²) in [6, 6.07) is 7.13. The lowest BCUT2D eigenvalue weighted by molar-refractivity contribution is 0.0952. The Morgan fingerprint density at radius 3 is 2.82 bits per heavy atom. The normalized spacial score (nSPS) is 10.5. The molecule has 0 radical (unpaired) electrons. The number of ether oxygens (including phenoxy) is 1. The van der Waals surface area contributed by atoms with E-state index in [-0.39, 0.29) is 5.91 Å². The van der Waals surface area contributed by atoms with Gasteiger partial charge in [0.05, 0.1) is 17.3 Å². The van der Waals surface area contributed by atoms with Crippen molar-refractivity contribution in [3.8, 4) is 5.75 Å². The zero-order valence-corrected chi connectivity index (χ0v) is 14.6. The fourth-order valence-electron chi connectivity index (χ4n) is 2.19. The predicted molar refractivity (Wildman–Crippen MR) is 89.3 cm³/mol. The van der Waals surface area contributed by atoms with Crippen LogP contribution < -0.4 is 10.1 Å². The number of benzene rings is 1. The molecule has 2 aromatic rings. The summed E-state index contributed by atoms with van der Waals surface area (Å²) in [7, 11) is 1.59. The highest BCUT2D eigenvalue weighted by Crippen LogP contribution is 2.19. The smallest absolute Gasteiger partial charge is 0.251 e. The molecule has 0 atom stereocenters. The third-order valence-electron chi connectivity index (χ3n) is 3.46. The number of halogens is 1. The maximum Gasteiger partial charge on any atom is 0.251 e. The van der Waals surface area contributed by atoms with E-state index < -0.39 is 0 Å². The molecule has 0 saturated carbocycles. The van der Waals surface area contributed by atoms with Gasteiger partial charge in [-0.3, -0.25) is 9.48 Å². The summed E-state index contributed by atoms with van der Waals surface area (Å²) in [4.78, 5) is 12.1. The highest BCUT2D eigenvalue weighted by Gasteiger charge is 2.09. The van der Waals surface area contributed by atoms with E-state index in [1.165, 1.54) is 0 Å². The Kier molecular flexibility index (Phi) is 5.60. The van der Waals surface area contributed by atoms with Crippen LogP contribution in [0.5, 0.6) is 5.75 Å². The molecule has 1 amide bonds. The van der Waals surface area contributed by atoms with Crippen LogP contribution in [0.2, 0.25) is 0 Å². The minimum Gasteiger partial charge on any atom is -0.497 e. The first-order valence-electron chi connectivity index (χ1n) is 7.14. The molecule has 0 fully saturated rings. The molecule has 0 unspecified atom stereocenters. The predicted octanol–water partition coefficient (Wildman–Crippen LogP) is 3.09. The summed E-state index contributed by atoms with van der Waals surface area (Å²) >= 11 is 3.51. The van der Waals surface area contributed by atoms with Gasteiger partial charge in [0.2, 0.25) is 0 Å². The lowest BCUT2D eigenvalue weighted by atomic mass is 10.2. The van der Waals surface area contributed by atoms with Crippen LogP contribution in [0, 0.1) is 13.8 Å². The highest BCUT2D eigenvalue weighted by atomic mass is 79.9. The molecule has 0 aliphatic rings. The van der Waals surface area contributed by atoms with Gasteiger partial charge in [-0.15, -0.1) is 0 Å². The molecule has 0 saturated heterocycles. The Bertz CT molecular complexity index is 667. The highest BCUT2D eigenvalue weighted by molar-refractivity contribution is 9.10. The number of nitrogens with zero attached hydrogens (tertiary/aromatic N) is 2. The molecule has 1 aromatic carbocycles. The molecule has 0 spiro atoms. The van der Waals surface area contributed by atoms with Crippen molar-refractivity contribution in [1.82, 2.24) is 15.1 Å². The van der Waals surface area contributed by atoms with Crippen LogP contribution in [0.4, 0.5) is 0 Å². The van der Waals surface area contributed by atoms with Crippen molar-refractivity contribution in [3.63, 3.8) is 0 Å². The molecule has 0 aliphatic carbocycles. The average molecular weight is 366 g/mol. The number of amides is 1. The first-order valence-corrected chi connectivity index (χ1v) is 7.94. The molecule has 5 nitrogen and oxygen atoms in total. The number of carbonyl (C=O) groups excluding carboxylic acids is 1. The van der Waals surface area contributed by atoms with Gasteiger partial charge >= 0.3 is 0 Å². The Labute approximate surface area is 138 Å². The Balaban J connectivity index is 1.83. The first-order chi connectivity index (χ1) is 10.5. The average Bonchev–Trinajstić information content (AvgIpc) is 2.78. The second kappa shape index (κ2) is 7.45. The Morgan fingerprint density at radius 1 is 1.41 bits per heavy atom. The molecule has 1 N–H and O–H groups in total. The fourth-order valence-corrected chi connectivity index (χ4v) is 2.47. The molecule has 2 rings (SSSR count). The van der Waals surface area contributed by atoms with Gasteiger partial charge in [0.25, 0.3) is 5.91 Å². The lowest BCUT2D eigenvalue weighted by Crippen LogP contribution is -2.25. The first kappa shape index (κ1) is 16.5. The van der Waals surface area contributed by atoms with Gasteiger partial charge < -0.3 is 10.1 Å². The van der Waals surface area contributed by atoms with E-state index in [4.69, 9.17) is 4.74 Å². The van der Waals surface area contributed by atoms with Gasteiger partial charge in [-0.05, 0) is 54.4 Å². The number of carbonyl (C=O) groups is 1. The number of hydrogen-bond acceptors (Lipinski definition) is 3. The minimum atomic E-state index is -0.0894. The molecular weight excluding hydrogens is 346 g/mol. The second-order valence-electron chi connectivity index (χ2n) is 5.05. The number of methoxy groups -OCH3 is 1. The van der Waals surface area contributed by atoms with Crippen LogP contribution in [0.25, 0.3) is 0 Å². The maximum absolute atomic E-state index is 12.1. The SMILES string of the molecule is COc1cccc(C(=O)NCCCn2nc(C)c(Br)c2C)c1. The van der Waals surface area contributed by atoms with Gasteiger partial charge in [0.15, 0.2) is 0 Å². The number of rotatable bonds is 6. The van der Waals surface area contributed by atoms with Gasteiger partial charge in [0, 0.05) is 24.3 Å². The summed E-state index contributed by atoms with van der Waals surface area (Å²) in [6.45, 7) is 5.37.